The van der Waals surface area contributed by atoms with Crippen molar-refractivity contribution in [2.24, 2.45) is 0 Å². The van der Waals surface area contributed by atoms with Gasteiger partial charge in [-0.15, -0.1) is 0 Å². The van der Waals surface area contributed by atoms with Crippen LogP contribution in [-0.4, -0.2) is 72.0 Å². The van der Waals surface area contributed by atoms with E-state index in [4.69, 9.17) is 9.47 Å². The van der Waals surface area contributed by atoms with E-state index < -0.39 is 30.8 Å². The van der Waals surface area contributed by atoms with Crippen LogP contribution in [0.2, 0.25) is 0 Å². The van der Waals surface area contributed by atoms with Gasteiger partial charge in [0.15, 0.2) is 6.61 Å². The van der Waals surface area contributed by atoms with E-state index in [9.17, 15) is 14.7 Å². The van der Waals surface area contributed by atoms with Crippen LogP contribution in [0.25, 0.3) is 0 Å². The molecule has 2 aliphatic rings. The number of aliphatic hydroxyl groups is 1. The molecule has 4 rings (SSSR count). The first kappa shape index (κ1) is 26.9. The van der Waals surface area contributed by atoms with Gasteiger partial charge < -0.3 is 30.1 Å². The zero-order valence-corrected chi connectivity index (χ0v) is 21.9. The Morgan fingerprint density at radius 1 is 1.24 bits per heavy atom. The Morgan fingerprint density at radius 3 is 2.65 bits per heavy atom. The molecule has 37 heavy (non-hydrogen) atoms. The normalized spacial score (nSPS) is 19.1. The van der Waals surface area contributed by atoms with Crippen LogP contribution in [0.4, 0.5) is 4.79 Å². The lowest BCUT2D eigenvalue weighted by atomic mass is 9.73. The summed E-state index contributed by atoms with van der Waals surface area (Å²) in [5, 5.41) is 17.6. The van der Waals surface area contributed by atoms with E-state index in [1.54, 1.807) is 14.1 Å². The van der Waals surface area contributed by atoms with Crippen LogP contribution >= 0.6 is 0 Å². The van der Waals surface area contributed by atoms with Crippen LogP contribution in [0.1, 0.15) is 55.3 Å². The van der Waals surface area contributed by atoms with Crippen LogP contribution in [0.3, 0.4) is 0 Å². The smallest absolute Gasteiger partial charge is 0.409 e. The third-order valence-corrected chi connectivity index (χ3v) is 7.25. The molecule has 2 amide bonds. The highest BCUT2D eigenvalue weighted by molar-refractivity contribution is 5.80. The van der Waals surface area contributed by atoms with E-state index >= 15 is 0 Å². The van der Waals surface area contributed by atoms with Gasteiger partial charge in [0.1, 0.15) is 5.60 Å². The highest BCUT2D eigenvalue weighted by atomic mass is 16.6. The maximum atomic E-state index is 12.6. The number of nitrogens with zero attached hydrogens (tertiary/aromatic N) is 2. The lowest BCUT2D eigenvalue weighted by molar-refractivity contribution is -0.125. The van der Waals surface area contributed by atoms with Gasteiger partial charge in [-0.25, -0.2) is 9.78 Å². The maximum Gasteiger partial charge on any atom is 0.409 e. The third-order valence-electron chi connectivity index (χ3n) is 7.25. The Kier molecular flexibility index (Phi) is 8.66. The van der Waals surface area contributed by atoms with Gasteiger partial charge in [0.2, 0.25) is 5.88 Å². The van der Waals surface area contributed by atoms with Crippen LogP contribution in [0.5, 0.6) is 5.88 Å². The van der Waals surface area contributed by atoms with E-state index in [0.29, 0.717) is 12.3 Å². The molecule has 9 heteroatoms. The van der Waals surface area contributed by atoms with Gasteiger partial charge >= 0.3 is 6.09 Å². The molecule has 0 saturated heterocycles. The molecule has 2 heterocycles. The van der Waals surface area contributed by atoms with E-state index in [1.807, 2.05) is 36.5 Å². The summed E-state index contributed by atoms with van der Waals surface area (Å²) in [5.74, 6) is 0.212. The number of hydrogen-bond acceptors (Lipinski definition) is 7. The molecule has 0 bridgehead atoms. The molecule has 0 unspecified atom stereocenters. The standard InChI is InChI=1S/C28H38N4O5/c1-4-19-13-21-23(15-28(11-8-12-28)37-26(21)30-16-19)29-17-24(33)22(14-20-9-6-5-7-10-20)31-25(34)18-36-27(35)32(2)3/h5-7,9-10,13,16,22-24,29,33H,4,8,11-12,14-15,17-18H2,1-3H3,(H,31,34)/t22-,23-,24+/m0/s1. The molecule has 3 atom stereocenters. The first-order valence-electron chi connectivity index (χ1n) is 13.1. The number of hydrogen-bond donors (Lipinski definition) is 3. The number of nitrogens with one attached hydrogen (secondary N) is 2. The fourth-order valence-corrected chi connectivity index (χ4v) is 4.89. The minimum Gasteiger partial charge on any atom is -0.471 e. The van der Waals surface area contributed by atoms with Crippen molar-refractivity contribution in [3.63, 3.8) is 0 Å². The quantitative estimate of drug-likeness (QED) is 0.451. The molecule has 1 saturated carbocycles. The highest BCUT2D eigenvalue weighted by Crippen LogP contribution is 2.48. The number of carbonyl (C=O) groups excluding carboxylic acids is 2. The van der Waals surface area contributed by atoms with Crippen LogP contribution < -0.4 is 15.4 Å². The van der Waals surface area contributed by atoms with Gasteiger partial charge in [-0.2, -0.15) is 0 Å². The number of carbonyl (C=O) groups is 2. The van der Waals surface area contributed by atoms with Crippen LogP contribution in [-0.2, 0) is 22.4 Å². The first-order chi connectivity index (χ1) is 17.8. The van der Waals surface area contributed by atoms with Gasteiger partial charge in [0.05, 0.1) is 12.1 Å². The molecule has 1 spiro atoms. The summed E-state index contributed by atoms with van der Waals surface area (Å²) in [4.78, 5) is 30.1. The third kappa shape index (κ3) is 6.78. The fraction of sp³-hybridized carbons (Fsp3) is 0.536. The highest BCUT2D eigenvalue weighted by Gasteiger charge is 2.46. The second kappa shape index (κ2) is 11.9. The van der Waals surface area contributed by atoms with Crippen LogP contribution in [0, 0.1) is 0 Å². The van der Waals surface area contributed by atoms with Crippen molar-refractivity contribution in [1.29, 1.82) is 0 Å². The largest absolute Gasteiger partial charge is 0.471 e. The van der Waals surface area contributed by atoms with Crippen molar-refractivity contribution in [3.05, 3.63) is 59.3 Å². The Labute approximate surface area is 218 Å². The topological polar surface area (TPSA) is 113 Å². The second-order valence-corrected chi connectivity index (χ2v) is 10.3. The lowest BCUT2D eigenvalue weighted by Gasteiger charge is -2.47. The number of rotatable bonds is 10. The Balaban J connectivity index is 1.44. The monoisotopic (exact) mass is 510 g/mol. The number of aryl methyl sites for hydroxylation is 1. The van der Waals surface area contributed by atoms with Gasteiger partial charge in [-0.05, 0) is 49.3 Å². The zero-order valence-electron chi connectivity index (χ0n) is 21.9. The molecule has 2 aromatic rings. The SMILES string of the molecule is CCc1cnc2c(c1)[C@@H](NC[C@@H](O)[C@H](Cc1ccccc1)NC(=O)COC(=O)N(C)C)CC1(CCC1)O2. The zero-order chi connectivity index (χ0) is 26.4. The molecule has 1 aliphatic heterocycles. The molecule has 1 aliphatic carbocycles. The van der Waals surface area contributed by atoms with E-state index in [0.717, 1.165) is 48.8 Å². The molecule has 9 nitrogen and oxygen atoms in total. The van der Waals surface area contributed by atoms with Gasteiger partial charge in [-0.3, -0.25) is 4.79 Å². The number of fused-ring (bicyclic) bond motifs is 1. The molecule has 200 valence electrons. The molecule has 1 aromatic carbocycles. The minimum atomic E-state index is -0.875. The number of aromatic nitrogens is 1. The molecule has 3 N–H and O–H groups in total. The van der Waals surface area contributed by atoms with E-state index in [2.05, 4.69) is 28.6 Å². The number of ether oxygens (including phenoxy) is 2. The summed E-state index contributed by atoms with van der Waals surface area (Å²) in [6.07, 6.45) is 5.68. The van der Waals surface area contributed by atoms with E-state index in [-0.39, 0.29) is 18.2 Å². The van der Waals surface area contributed by atoms with Crippen molar-refractivity contribution in [2.45, 2.75) is 69.2 Å². The van der Waals surface area contributed by atoms with Crippen molar-refractivity contribution < 1.29 is 24.2 Å². The van der Waals surface area contributed by atoms with Crippen molar-refractivity contribution in [2.75, 3.05) is 27.2 Å². The Hall–Kier alpha value is -3.17. The van der Waals surface area contributed by atoms with Crippen molar-refractivity contribution in [1.82, 2.24) is 20.5 Å². The predicted octanol–water partition coefficient (Wildman–Crippen LogP) is 2.77. The van der Waals surface area contributed by atoms with Gasteiger partial charge in [0, 0.05) is 44.9 Å². The van der Waals surface area contributed by atoms with E-state index in [1.165, 1.54) is 4.90 Å². The fourth-order valence-electron chi connectivity index (χ4n) is 4.89. The average molecular weight is 511 g/mol. The van der Waals surface area contributed by atoms with Gasteiger partial charge in [0.25, 0.3) is 5.91 Å². The minimum absolute atomic E-state index is 0.00757. The summed E-state index contributed by atoms with van der Waals surface area (Å²) in [6.45, 7) is 1.95. The summed E-state index contributed by atoms with van der Waals surface area (Å²) in [5.41, 5.74) is 2.95. The van der Waals surface area contributed by atoms with Crippen molar-refractivity contribution >= 4 is 12.0 Å². The molecule has 0 radical (unpaired) electrons. The summed E-state index contributed by atoms with van der Waals surface area (Å²) in [6, 6.07) is 11.2. The maximum absolute atomic E-state index is 12.6. The number of aliphatic hydroxyl groups excluding tert-OH is 1. The molecular formula is C28H38N4O5. The van der Waals surface area contributed by atoms with Gasteiger partial charge in [-0.1, -0.05) is 37.3 Å². The number of pyridine rings is 1. The summed E-state index contributed by atoms with van der Waals surface area (Å²) < 4.78 is 11.3. The van der Waals surface area contributed by atoms with Crippen LogP contribution in [0.15, 0.2) is 42.6 Å². The molecule has 1 fully saturated rings. The predicted molar refractivity (Wildman–Crippen MR) is 139 cm³/mol. The number of benzene rings is 1. The summed E-state index contributed by atoms with van der Waals surface area (Å²) >= 11 is 0. The lowest BCUT2D eigenvalue weighted by Crippen LogP contribution is -2.52. The molecule has 1 aromatic heterocycles. The average Bonchev–Trinajstić information content (AvgIpc) is 2.88. The molecular weight excluding hydrogens is 472 g/mol. The number of amides is 2. The van der Waals surface area contributed by atoms with Crippen molar-refractivity contribution in [3.8, 4) is 5.88 Å². The Morgan fingerprint density at radius 2 is 2.00 bits per heavy atom. The first-order valence-corrected chi connectivity index (χ1v) is 13.1. The second-order valence-electron chi connectivity index (χ2n) is 10.3. The Bertz CT molecular complexity index is 1070. The summed E-state index contributed by atoms with van der Waals surface area (Å²) in [7, 11) is 3.10.